The van der Waals surface area contributed by atoms with Gasteiger partial charge in [0.1, 0.15) is 0 Å². The number of tetrazole rings is 1. The van der Waals surface area contributed by atoms with Crippen LogP contribution in [0.4, 0.5) is 13.2 Å². The molecule has 0 spiro atoms. The lowest BCUT2D eigenvalue weighted by atomic mass is 10.4. The molecule has 6 nitrogen and oxygen atoms in total. The molecule has 0 radical (unpaired) electrons. The lowest BCUT2D eigenvalue weighted by Gasteiger charge is -2.06. The van der Waals surface area contributed by atoms with Crippen molar-refractivity contribution in [1.82, 2.24) is 25.5 Å². The lowest BCUT2D eigenvalue weighted by molar-refractivity contribution is -0.124. The Labute approximate surface area is 99.8 Å². The standard InChI is InChI=1S/C9H10F3N5O/c10-9(11,12)6-13-3-4-17-15-8(14-16-17)7-2-1-5-18-7/h1-2,5,13H,3-4,6H2. The second-order valence-corrected chi connectivity index (χ2v) is 3.48. The molecular weight excluding hydrogens is 251 g/mol. The van der Waals surface area contributed by atoms with E-state index >= 15 is 0 Å². The van der Waals surface area contributed by atoms with Gasteiger partial charge in [0.2, 0.25) is 5.82 Å². The molecule has 0 amide bonds. The third-order valence-corrected chi connectivity index (χ3v) is 2.01. The zero-order valence-electron chi connectivity index (χ0n) is 9.18. The number of rotatable bonds is 5. The normalized spacial score (nSPS) is 11.9. The third kappa shape index (κ3) is 3.55. The third-order valence-electron chi connectivity index (χ3n) is 2.01. The van der Waals surface area contributed by atoms with Crippen LogP contribution < -0.4 is 5.32 Å². The van der Waals surface area contributed by atoms with Crippen LogP contribution in [0.5, 0.6) is 0 Å². The Bertz CT molecular complexity index is 479. The summed E-state index contributed by atoms with van der Waals surface area (Å²) in [5, 5.41) is 13.6. The molecule has 0 saturated heterocycles. The highest BCUT2D eigenvalue weighted by atomic mass is 19.4. The SMILES string of the molecule is FC(F)(F)CNCCn1nnc(-c2ccco2)n1. The van der Waals surface area contributed by atoms with Crippen molar-refractivity contribution in [3.8, 4) is 11.6 Å². The molecule has 2 heterocycles. The molecule has 18 heavy (non-hydrogen) atoms. The number of halogens is 3. The van der Waals surface area contributed by atoms with E-state index in [1.807, 2.05) is 0 Å². The minimum Gasteiger partial charge on any atom is -0.461 e. The van der Waals surface area contributed by atoms with Gasteiger partial charge < -0.3 is 9.73 Å². The first-order valence-corrected chi connectivity index (χ1v) is 5.14. The molecule has 1 N–H and O–H groups in total. The Kier molecular flexibility index (Phi) is 3.60. The summed E-state index contributed by atoms with van der Waals surface area (Å²) in [6.07, 6.45) is -2.74. The van der Waals surface area contributed by atoms with Crippen LogP contribution in [0.3, 0.4) is 0 Å². The highest BCUT2D eigenvalue weighted by Crippen LogP contribution is 2.13. The average molecular weight is 261 g/mol. The summed E-state index contributed by atoms with van der Waals surface area (Å²) in [6.45, 7) is -0.732. The van der Waals surface area contributed by atoms with Crippen molar-refractivity contribution in [3.05, 3.63) is 18.4 Å². The van der Waals surface area contributed by atoms with E-state index in [4.69, 9.17) is 4.42 Å². The Morgan fingerprint density at radius 1 is 1.39 bits per heavy atom. The van der Waals surface area contributed by atoms with Gasteiger partial charge in [0.25, 0.3) is 0 Å². The Balaban J connectivity index is 1.81. The van der Waals surface area contributed by atoms with Gasteiger partial charge in [-0.25, -0.2) is 0 Å². The molecular formula is C9H10F3N5O. The summed E-state index contributed by atoms with van der Waals surface area (Å²) >= 11 is 0. The molecule has 0 saturated carbocycles. The van der Waals surface area contributed by atoms with Gasteiger partial charge in [0, 0.05) is 6.54 Å². The van der Waals surface area contributed by atoms with Crippen LogP contribution in [0.1, 0.15) is 0 Å². The Hall–Kier alpha value is -1.90. The summed E-state index contributed by atoms with van der Waals surface area (Å²) in [6, 6.07) is 3.35. The highest BCUT2D eigenvalue weighted by molar-refractivity contribution is 5.43. The van der Waals surface area contributed by atoms with Crippen molar-refractivity contribution in [3.63, 3.8) is 0 Å². The van der Waals surface area contributed by atoms with E-state index in [1.54, 1.807) is 12.1 Å². The zero-order chi connectivity index (χ0) is 13.0. The first-order chi connectivity index (χ1) is 8.54. The van der Waals surface area contributed by atoms with Gasteiger partial charge in [0.15, 0.2) is 5.76 Å². The number of aromatic nitrogens is 4. The number of alkyl halides is 3. The van der Waals surface area contributed by atoms with Gasteiger partial charge >= 0.3 is 6.18 Å². The summed E-state index contributed by atoms with van der Waals surface area (Å²) in [4.78, 5) is 1.21. The number of furan rings is 1. The fourth-order valence-corrected chi connectivity index (χ4v) is 1.25. The predicted molar refractivity (Wildman–Crippen MR) is 54.4 cm³/mol. The van der Waals surface area contributed by atoms with Gasteiger partial charge in [0.05, 0.1) is 19.4 Å². The Morgan fingerprint density at radius 2 is 2.22 bits per heavy atom. The minimum atomic E-state index is -4.21. The monoisotopic (exact) mass is 261 g/mol. The summed E-state index contributed by atoms with van der Waals surface area (Å²) < 4.78 is 40.6. The fraction of sp³-hybridized carbons (Fsp3) is 0.444. The van der Waals surface area contributed by atoms with Crippen LogP contribution in [-0.4, -0.2) is 39.5 Å². The molecule has 2 aromatic heterocycles. The molecule has 0 atom stereocenters. The fourth-order valence-electron chi connectivity index (χ4n) is 1.25. The molecule has 2 rings (SSSR count). The second kappa shape index (κ2) is 5.17. The number of hydrogen-bond acceptors (Lipinski definition) is 5. The molecule has 2 aromatic rings. The van der Waals surface area contributed by atoms with E-state index < -0.39 is 12.7 Å². The van der Waals surface area contributed by atoms with Crippen molar-refractivity contribution < 1.29 is 17.6 Å². The average Bonchev–Trinajstić information content (AvgIpc) is 2.93. The molecule has 0 bridgehead atoms. The van der Waals surface area contributed by atoms with E-state index in [2.05, 4.69) is 20.7 Å². The quantitative estimate of drug-likeness (QED) is 0.816. The maximum absolute atomic E-state index is 11.8. The Morgan fingerprint density at radius 3 is 2.89 bits per heavy atom. The second-order valence-electron chi connectivity index (χ2n) is 3.48. The first kappa shape index (κ1) is 12.6. The summed E-state index contributed by atoms with van der Waals surface area (Å²) in [5.74, 6) is 0.764. The van der Waals surface area contributed by atoms with Gasteiger partial charge in [-0.2, -0.15) is 18.0 Å². The largest absolute Gasteiger partial charge is 0.461 e. The maximum Gasteiger partial charge on any atom is 0.401 e. The van der Waals surface area contributed by atoms with Gasteiger partial charge in [-0.3, -0.25) is 0 Å². The first-order valence-electron chi connectivity index (χ1n) is 5.14. The van der Waals surface area contributed by atoms with Crippen molar-refractivity contribution >= 4 is 0 Å². The topological polar surface area (TPSA) is 68.8 Å². The molecule has 0 unspecified atom stereocenters. The van der Waals surface area contributed by atoms with Gasteiger partial charge in [-0.15, -0.1) is 10.2 Å². The highest BCUT2D eigenvalue weighted by Gasteiger charge is 2.25. The van der Waals surface area contributed by atoms with Crippen molar-refractivity contribution in [1.29, 1.82) is 0 Å². The number of nitrogens with one attached hydrogen (secondary N) is 1. The smallest absolute Gasteiger partial charge is 0.401 e. The maximum atomic E-state index is 11.8. The summed E-state index contributed by atoms with van der Waals surface area (Å²) in [5.41, 5.74) is 0. The van der Waals surface area contributed by atoms with Crippen LogP contribution in [0.15, 0.2) is 22.8 Å². The van der Waals surface area contributed by atoms with Crippen molar-refractivity contribution in [2.75, 3.05) is 13.1 Å². The molecule has 98 valence electrons. The summed E-state index contributed by atoms with van der Waals surface area (Å²) in [7, 11) is 0. The van der Waals surface area contributed by atoms with E-state index in [-0.39, 0.29) is 13.1 Å². The minimum absolute atomic E-state index is 0.105. The van der Waals surface area contributed by atoms with Crippen LogP contribution in [0, 0.1) is 0 Å². The molecule has 0 aliphatic rings. The lowest BCUT2D eigenvalue weighted by Crippen LogP contribution is -2.31. The van der Waals surface area contributed by atoms with E-state index in [0.717, 1.165) is 0 Å². The van der Waals surface area contributed by atoms with Gasteiger partial charge in [-0.1, -0.05) is 0 Å². The van der Waals surface area contributed by atoms with Crippen LogP contribution in [-0.2, 0) is 6.54 Å². The molecule has 9 heteroatoms. The van der Waals surface area contributed by atoms with Crippen LogP contribution in [0.25, 0.3) is 11.6 Å². The molecule has 0 aliphatic heterocycles. The van der Waals surface area contributed by atoms with Crippen LogP contribution >= 0.6 is 0 Å². The predicted octanol–water partition coefficient (Wildman–Crippen LogP) is 1.08. The number of nitrogens with zero attached hydrogens (tertiary/aromatic N) is 4. The molecule has 0 aromatic carbocycles. The number of hydrogen-bond donors (Lipinski definition) is 1. The van der Waals surface area contributed by atoms with Crippen molar-refractivity contribution in [2.45, 2.75) is 12.7 Å². The van der Waals surface area contributed by atoms with Crippen molar-refractivity contribution in [2.24, 2.45) is 0 Å². The van der Waals surface area contributed by atoms with E-state index in [9.17, 15) is 13.2 Å². The zero-order valence-corrected chi connectivity index (χ0v) is 9.18. The van der Waals surface area contributed by atoms with Crippen LogP contribution in [0.2, 0.25) is 0 Å². The van der Waals surface area contributed by atoms with E-state index in [1.165, 1.54) is 11.1 Å². The molecule has 0 aliphatic carbocycles. The molecule has 0 fully saturated rings. The van der Waals surface area contributed by atoms with Gasteiger partial charge in [-0.05, 0) is 17.3 Å². The van der Waals surface area contributed by atoms with E-state index in [0.29, 0.717) is 11.6 Å².